The molecule has 0 saturated heterocycles. The molecule has 0 amide bonds. The highest BCUT2D eigenvalue weighted by molar-refractivity contribution is 9.10. The van der Waals surface area contributed by atoms with Crippen molar-refractivity contribution in [3.63, 3.8) is 0 Å². The van der Waals surface area contributed by atoms with Crippen LogP contribution in [-0.2, 0) is 6.54 Å². The minimum absolute atomic E-state index is 0.332. The Balaban J connectivity index is 2.80. The van der Waals surface area contributed by atoms with Crippen LogP contribution in [0.3, 0.4) is 0 Å². The highest BCUT2D eigenvalue weighted by Gasteiger charge is 2.11. The van der Waals surface area contributed by atoms with E-state index >= 15 is 0 Å². The van der Waals surface area contributed by atoms with Gasteiger partial charge in [-0.25, -0.2) is 0 Å². The molecular weight excluding hydrogens is 266 g/mol. The molecule has 0 radical (unpaired) electrons. The lowest BCUT2D eigenvalue weighted by atomic mass is 10.1. The number of rotatable bonds is 5. The Kier molecular flexibility index (Phi) is 5.29. The zero-order valence-corrected chi connectivity index (χ0v) is 11.8. The van der Waals surface area contributed by atoms with Gasteiger partial charge in [-0.1, -0.05) is 22.9 Å². The van der Waals surface area contributed by atoms with Gasteiger partial charge in [-0.15, -0.1) is 0 Å². The normalized spacial score (nSPS) is 11.4. The maximum Gasteiger partial charge on any atom is 0.115 e. The summed E-state index contributed by atoms with van der Waals surface area (Å²) in [6.07, 6.45) is 1.15. The summed E-state index contributed by atoms with van der Waals surface area (Å²) < 4.78 is 1.06. The first-order valence-corrected chi connectivity index (χ1v) is 6.55. The Morgan fingerprint density at radius 3 is 2.62 bits per heavy atom. The minimum atomic E-state index is 0.332. The molecule has 0 heterocycles. The van der Waals surface area contributed by atoms with E-state index in [1.54, 1.807) is 6.07 Å². The van der Waals surface area contributed by atoms with Gasteiger partial charge in [0.25, 0.3) is 0 Å². The number of nitrogens with zero attached hydrogens (tertiary/aromatic N) is 1. The molecule has 1 aromatic carbocycles. The standard InChI is InChI=1S/C13H20BrNO/c1-4-7-15(10(2)3)9-11-8-12(16)5-6-13(11)14/h5-6,8,10,16H,4,7,9H2,1-3H3. The number of aromatic hydroxyl groups is 1. The quantitative estimate of drug-likeness (QED) is 0.890. The molecule has 1 N–H and O–H groups in total. The Bertz CT molecular complexity index is 339. The van der Waals surface area contributed by atoms with Gasteiger partial charge in [0, 0.05) is 17.1 Å². The first-order valence-electron chi connectivity index (χ1n) is 5.76. The van der Waals surface area contributed by atoms with E-state index in [0.29, 0.717) is 11.8 Å². The van der Waals surface area contributed by atoms with Crippen LogP contribution in [0.5, 0.6) is 5.75 Å². The fourth-order valence-corrected chi connectivity index (χ4v) is 2.08. The number of hydrogen-bond acceptors (Lipinski definition) is 2. The number of benzene rings is 1. The monoisotopic (exact) mass is 285 g/mol. The SMILES string of the molecule is CCCN(Cc1cc(O)ccc1Br)C(C)C. The second-order valence-electron chi connectivity index (χ2n) is 4.34. The molecule has 0 spiro atoms. The lowest BCUT2D eigenvalue weighted by Crippen LogP contribution is -2.31. The Labute approximate surface area is 106 Å². The maximum atomic E-state index is 9.48. The summed E-state index contributed by atoms with van der Waals surface area (Å²) in [4.78, 5) is 2.40. The third-order valence-electron chi connectivity index (χ3n) is 2.64. The highest BCUT2D eigenvalue weighted by Crippen LogP contribution is 2.23. The summed E-state index contributed by atoms with van der Waals surface area (Å²) in [5.74, 6) is 0.332. The van der Waals surface area contributed by atoms with Crippen LogP contribution in [0.2, 0.25) is 0 Å². The Hall–Kier alpha value is -0.540. The molecule has 3 heteroatoms. The smallest absolute Gasteiger partial charge is 0.115 e. The molecule has 1 rings (SSSR count). The van der Waals surface area contributed by atoms with Crippen molar-refractivity contribution in [1.29, 1.82) is 0 Å². The Morgan fingerprint density at radius 2 is 2.06 bits per heavy atom. The van der Waals surface area contributed by atoms with E-state index in [4.69, 9.17) is 0 Å². The van der Waals surface area contributed by atoms with E-state index in [1.165, 1.54) is 0 Å². The molecule has 0 fully saturated rings. The van der Waals surface area contributed by atoms with Crippen molar-refractivity contribution in [3.05, 3.63) is 28.2 Å². The van der Waals surface area contributed by atoms with Crippen LogP contribution in [0.4, 0.5) is 0 Å². The topological polar surface area (TPSA) is 23.5 Å². The predicted molar refractivity (Wildman–Crippen MR) is 71.6 cm³/mol. The van der Waals surface area contributed by atoms with Gasteiger partial charge < -0.3 is 5.11 Å². The van der Waals surface area contributed by atoms with E-state index in [9.17, 15) is 5.11 Å². The zero-order valence-electron chi connectivity index (χ0n) is 10.2. The largest absolute Gasteiger partial charge is 0.508 e. The molecule has 0 aromatic heterocycles. The van der Waals surface area contributed by atoms with Gasteiger partial charge in [0.2, 0.25) is 0 Å². The van der Waals surface area contributed by atoms with Crippen molar-refractivity contribution >= 4 is 15.9 Å². The lowest BCUT2D eigenvalue weighted by Gasteiger charge is -2.26. The van der Waals surface area contributed by atoms with Gasteiger partial charge in [0.1, 0.15) is 5.75 Å². The van der Waals surface area contributed by atoms with Gasteiger partial charge in [-0.3, -0.25) is 4.90 Å². The van der Waals surface area contributed by atoms with Crippen molar-refractivity contribution < 1.29 is 5.11 Å². The molecule has 0 aliphatic carbocycles. The molecule has 0 aliphatic heterocycles. The van der Waals surface area contributed by atoms with Crippen LogP contribution in [0.25, 0.3) is 0 Å². The van der Waals surface area contributed by atoms with Gasteiger partial charge in [-0.2, -0.15) is 0 Å². The van der Waals surface area contributed by atoms with Gasteiger partial charge in [0.15, 0.2) is 0 Å². The second kappa shape index (κ2) is 6.26. The van der Waals surface area contributed by atoms with Crippen LogP contribution in [0.15, 0.2) is 22.7 Å². The van der Waals surface area contributed by atoms with Crippen LogP contribution >= 0.6 is 15.9 Å². The highest BCUT2D eigenvalue weighted by atomic mass is 79.9. The molecule has 0 aliphatic rings. The molecule has 0 unspecified atom stereocenters. The third-order valence-corrected chi connectivity index (χ3v) is 3.42. The molecule has 1 aromatic rings. The van der Waals surface area contributed by atoms with Crippen molar-refractivity contribution in [2.45, 2.75) is 39.8 Å². The Morgan fingerprint density at radius 1 is 1.38 bits per heavy atom. The van der Waals surface area contributed by atoms with E-state index < -0.39 is 0 Å². The number of phenols is 1. The molecule has 0 atom stereocenters. The predicted octanol–water partition coefficient (Wildman–Crippen LogP) is 3.78. The van der Waals surface area contributed by atoms with Crippen LogP contribution < -0.4 is 0 Å². The number of hydrogen-bond donors (Lipinski definition) is 1. The van der Waals surface area contributed by atoms with Gasteiger partial charge in [0.05, 0.1) is 0 Å². The summed E-state index contributed by atoms with van der Waals surface area (Å²) >= 11 is 3.52. The molecule has 2 nitrogen and oxygen atoms in total. The van der Waals surface area contributed by atoms with Crippen LogP contribution in [0, 0.1) is 0 Å². The summed E-state index contributed by atoms with van der Waals surface area (Å²) in [5.41, 5.74) is 1.14. The maximum absolute atomic E-state index is 9.48. The third kappa shape index (κ3) is 3.80. The van der Waals surface area contributed by atoms with Crippen LogP contribution in [-0.4, -0.2) is 22.6 Å². The summed E-state index contributed by atoms with van der Waals surface area (Å²) in [6.45, 7) is 8.55. The van der Waals surface area contributed by atoms with E-state index in [1.807, 2.05) is 12.1 Å². The van der Waals surface area contributed by atoms with Gasteiger partial charge >= 0.3 is 0 Å². The molecule has 0 bridgehead atoms. The van der Waals surface area contributed by atoms with Crippen molar-refractivity contribution in [1.82, 2.24) is 4.90 Å². The van der Waals surface area contributed by atoms with E-state index in [2.05, 4.69) is 41.6 Å². The molecule has 90 valence electrons. The second-order valence-corrected chi connectivity index (χ2v) is 5.19. The summed E-state index contributed by atoms with van der Waals surface area (Å²) in [6, 6.07) is 5.95. The first-order chi connectivity index (χ1) is 7.54. The lowest BCUT2D eigenvalue weighted by molar-refractivity contribution is 0.212. The van der Waals surface area contributed by atoms with E-state index in [-0.39, 0.29) is 0 Å². The minimum Gasteiger partial charge on any atom is -0.508 e. The average Bonchev–Trinajstić information content (AvgIpc) is 2.22. The molecular formula is C13H20BrNO. The van der Waals surface area contributed by atoms with Crippen LogP contribution in [0.1, 0.15) is 32.8 Å². The fraction of sp³-hybridized carbons (Fsp3) is 0.538. The van der Waals surface area contributed by atoms with Crippen molar-refractivity contribution in [2.75, 3.05) is 6.54 Å². The van der Waals surface area contributed by atoms with Gasteiger partial charge in [-0.05, 0) is 50.6 Å². The fourth-order valence-electron chi connectivity index (χ4n) is 1.71. The van der Waals surface area contributed by atoms with Crippen molar-refractivity contribution in [3.8, 4) is 5.75 Å². The summed E-state index contributed by atoms with van der Waals surface area (Å²) in [7, 11) is 0. The first kappa shape index (κ1) is 13.5. The average molecular weight is 286 g/mol. The van der Waals surface area contributed by atoms with E-state index in [0.717, 1.165) is 29.5 Å². The van der Waals surface area contributed by atoms with Crippen molar-refractivity contribution in [2.24, 2.45) is 0 Å². The zero-order chi connectivity index (χ0) is 12.1. The molecule has 0 saturated carbocycles. The summed E-state index contributed by atoms with van der Waals surface area (Å²) in [5, 5.41) is 9.48. The number of phenolic OH excluding ortho intramolecular Hbond substituents is 1. The molecule has 16 heavy (non-hydrogen) atoms. The number of halogens is 1.